The van der Waals surface area contributed by atoms with E-state index in [2.05, 4.69) is 12.1 Å². The van der Waals surface area contributed by atoms with Crippen molar-refractivity contribution in [3.8, 4) is 0 Å². The molecule has 0 heterocycles. The minimum atomic E-state index is -0.824. The molecule has 3 rings (SSSR count). The highest BCUT2D eigenvalue weighted by atomic mass is 16.5. The fourth-order valence-corrected chi connectivity index (χ4v) is 2.72. The maximum atomic E-state index is 10.9. The summed E-state index contributed by atoms with van der Waals surface area (Å²) in [7, 11) is 1.65. The van der Waals surface area contributed by atoms with Crippen LogP contribution >= 0.6 is 0 Å². The Kier molecular flexibility index (Phi) is 3.48. The Morgan fingerprint density at radius 1 is 1.19 bits per heavy atom. The highest BCUT2D eigenvalue weighted by Crippen LogP contribution is 2.31. The standard InChI is InChI=1S/C18H16O3/c1-21-17-11-14-5-3-2-4-13(14)10-15-7-6-12(8-16(15)17)9-18(19)20/h2-8,11H,9-10H2,1H3,(H,19,20). The van der Waals surface area contributed by atoms with Gasteiger partial charge in [0.05, 0.1) is 13.5 Å². The number of carbonyl (C=O) groups is 1. The molecule has 106 valence electrons. The number of hydrogen-bond acceptors (Lipinski definition) is 2. The van der Waals surface area contributed by atoms with Gasteiger partial charge in [-0.15, -0.1) is 0 Å². The summed E-state index contributed by atoms with van der Waals surface area (Å²) in [5, 5.41) is 8.95. The summed E-state index contributed by atoms with van der Waals surface area (Å²) < 4.78 is 5.53. The molecule has 0 bridgehead atoms. The van der Waals surface area contributed by atoms with Crippen molar-refractivity contribution < 1.29 is 14.6 Å². The van der Waals surface area contributed by atoms with Crippen LogP contribution in [0.25, 0.3) is 11.8 Å². The third kappa shape index (κ3) is 2.68. The van der Waals surface area contributed by atoms with Crippen molar-refractivity contribution in [2.45, 2.75) is 12.8 Å². The van der Waals surface area contributed by atoms with Crippen LogP contribution in [0.1, 0.15) is 27.8 Å². The molecular weight excluding hydrogens is 264 g/mol. The van der Waals surface area contributed by atoms with Gasteiger partial charge in [-0.1, -0.05) is 36.4 Å². The second-order valence-corrected chi connectivity index (χ2v) is 5.15. The molecule has 2 aromatic carbocycles. The summed E-state index contributed by atoms with van der Waals surface area (Å²) in [6, 6.07) is 14.0. The SMILES string of the molecule is COC1=Cc2ccccc2Cc2ccc(CC(=O)O)cc21. The molecule has 0 saturated carbocycles. The first-order valence-electron chi connectivity index (χ1n) is 6.85. The van der Waals surface area contributed by atoms with Crippen LogP contribution in [0.15, 0.2) is 42.5 Å². The minimum Gasteiger partial charge on any atom is -0.496 e. The molecule has 0 fully saturated rings. The Hall–Kier alpha value is -2.55. The van der Waals surface area contributed by atoms with E-state index < -0.39 is 5.97 Å². The number of carboxylic acid groups (broad SMARTS) is 1. The van der Waals surface area contributed by atoms with Crippen molar-refractivity contribution in [2.24, 2.45) is 0 Å². The van der Waals surface area contributed by atoms with E-state index in [0.29, 0.717) is 0 Å². The van der Waals surface area contributed by atoms with E-state index in [-0.39, 0.29) is 6.42 Å². The summed E-state index contributed by atoms with van der Waals surface area (Å²) in [5.74, 6) is -0.0445. The number of hydrogen-bond donors (Lipinski definition) is 1. The molecule has 3 heteroatoms. The second kappa shape index (κ2) is 5.44. The van der Waals surface area contributed by atoms with Crippen LogP contribution in [0, 0.1) is 0 Å². The van der Waals surface area contributed by atoms with Gasteiger partial charge in [0.1, 0.15) is 5.76 Å². The molecule has 0 spiro atoms. The van der Waals surface area contributed by atoms with E-state index in [0.717, 1.165) is 34.4 Å². The van der Waals surface area contributed by atoms with Crippen LogP contribution in [-0.2, 0) is 22.4 Å². The Morgan fingerprint density at radius 3 is 2.76 bits per heavy atom. The zero-order chi connectivity index (χ0) is 14.8. The number of ether oxygens (including phenoxy) is 1. The molecular formula is C18H16O3. The smallest absolute Gasteiger partial charge is 0.307 e. The molecule has 0 unspecified atom stereocenters. The van der Waals surface area contributed by atoms with Gasteiger partial charge in [0.25, 0.3) is 0 Å². The molecule has 0 aliphatic heterocycles. The van der Waals surface area contributed by atoms with E-state index >= 15 is 0 Å². The number of benzene rings is 2. The van der Waals surface area contributed by atoms with Crippen LogP contribution in [-0.4, -0.2) is 18.2 Å². The number of rotatable bonds is 3. The predicted octanol–water partition coefficient (Wildman–Crippen LogP) is 3.36. The molecule has 2 aromatic rings. The van der Waals surface area contributed by atoms with Gasteiger partial charge < -0.3 is 9.84 Å². The molecule has 0 atom stereocenters. The fraction of sp³-hybridized carbons (Fsp3) is 0.167. The molecule has 0 radical (unpaired) electrons. The van der Waals surface area contributed by atoms with E-state index in [1.165, 1.54) is 5.56 Å². The van der Waals surface area contributed by atoms with Crippen LogP contribution < -0.4 is 0 Å². The van der Waals surface area contributed by atoms with Crippen molar-refractivity contribution >= 4 is 17.8 Å². The number of fused-ring (bicyclic) bond motifs is 2. The topological polar surface area (TPSA) is 46.5 Å². The zero-order valence-corrected chi connectivity index (χ0v) is 11.8. The number of aliphatic carboxylic acids is 1. The lowest BCUT2D eigenvalue weighted by atomic mass is 9.97. The zero-order valence-electron chi connectivity index (χ0n) is 11.8. The van der Waals surface area contributed by atoms with E-state index in [1.807, 2.05) is 36.4 Å². The van der Waals surface area contributed by atoms with Crippen molar-refractivity contribution in [1.29, 1.82) is 0 Å². The first kappa shape index (κ1) is 13.4. The molecule has 3 nitrogen and oxygen atoms in total. The normalized spacial score (nSPS) is 12.7. The predicted molar refractivity (Wildman–Crippen MR) is 81.9 cm³/mol. The van der Waals surface area contributed by atoms with Gasteiger partial charge in [0.15, 0.2) is 0 Å². The summed E-state index contributed by atoms with van der Waals surface area (Å²) >= 11 is 0. The van der Waals surface area contributed by atoms with Crippen molar-refractivity contribution in [3.63, 3.8) is 0 Å². The molecule has 0 amide bonds. The van der Waals surface area contributed by atoms with Gasteiger partial charge in [-0.05, 0) is 40.8 Å². The van der Waals surface area contributed by atoms with Gasteiger partial charge in [-0.2, -0.15) is 0 Å². The van der Waals surface area contributed by atoms with Gasteiger partial charge in [0, 0.05) is 5.56 Å². The fourth-order valence-electron chi connectivity index (χ4n) is 2.72. The third-order valence-corrected chi connectivity index (χ3v) is 3.74. The molecule has 1 aliphatic carbocycles. The van der Waals surface area contributed by atoms with Gasteiger partial charge in [-0.25, -0.2) is 0 Å². The number of methoxy groups -OCH3 is 1. The average molecular weight is 280 g/mol. The number of carboxylic acids is 1. The Morgan fingerprint density at radius 2 is 2.00 bits per heavy atom. The van der Waals surface area contributed by atoms with Gasteiger partial charge in [-0.3, -0.25) is 4.79 Å². The minimum absolute atomic E-state index is 0.0250. The summed E-state index contributed by atoms with van der Waals surface area (Å²) in [4.78, 5) is 10.9. The van der Waals surface area contributed by atoms with E-state index in [9.17, 15) is 4.79 Å². The first-order valence-corrected chi connectivity index (χ1v) is 6.85. The largest absolute Gasteiger partial charge is 0.496 e. The maximum absolute atomic E-state index is 10.9. The lowest BCUT2D eigenvalue weighted by Gasteiger charge is -2.11. The molecule has 1 aliphatic rings. The maximum Gasteiger partial charge on any atom is 0.307 e. The molecule has 0 aromatic heterocycles. The van der Waals surface area contributed by atoms with Crippen molar-refractivity contribution in [3.05, 3.63) is 70.3 Å². The monoisotopic (exact) mass is 280 g/mol. The Balaban J connectivity index is 2.12. The van der Waals surface area contributed by atoms with E-state index in [4.69, 9.17) is 9.84 Å². The summed E-state index contributed by atoms with van der Waals surface area (Å²) in [5.41, 5.74) is 5.31. The van der Waals surface area contributed by atoms with Crippen LogP contribution in [0.2, 0.25) is 0 Å². The van der Waals surface area contributed by atoms with Crippen LogP contribution in [0.5, 0.6) is 0 Å². The third-order valence-electron chi connectivity index (χ3n) is 3.74. The lowest BCUT2D eigenvalue weighted by Crippen LogP contribution is -2.02. The lowest BCUT2D eigenvalue weighted by molar-refractivity contribution is -0.136. The molecule has 0 saturated heterocycles. The Bertz CT molecular complexity index is 729. The van der Waals surface area contributed by atoms with Crippen molar-refractivity contribution in [2.75, 3.05) is 7.11 Å². The highest BCUT2D eigenvalue weighted by molar-refractivity contribution is 5.82. The van der Waals surface area contributed by atoms with Gasteiger partial charge >= 0.3 is 5.97 Å². The van der Waals surface area contributed by atoms with Gasteiger partial charge in [0.2, 0.25) is 0 Å². The average Bonchev–Trinajstić information content (AvgIpc) is 2.62. The van der Waals surface area contributed by atoms with Crippen LogP contribution in [0.4, 0.5) is 0 Å². The van der Waals surface area contributed by atoms with Crippen LogP contribution in [0.3, 0.4) is 0 Å². The highest BCUT2D eigenvalue weighted by Gasteiger charge is 2.16. The summed E-state index contributed by atoms with van der Waals surface area (Å²) in [6.07, 6.45) is 2.87. The first-order chi connectivity index (χ1) is 10.2. The Labute approximate surface area is 123 Å². The van der Waals surface area contributed by atoms with Crippen molar-refractivity contribution in [1.82, 2.24) is 0 Å². The molecule has 1 N–H and O–H groups in total. The summed E-state index contributed by atoms with van der Waals surface area (Å²) in [6.45, 7) is 0. The molecule has 21 heavy (non-hydrogen) atoms. The van der Waals surface area contributed by atoms with E-state index in [1.54, 1.807) is 7.11 Å². The quantitative estimate of drug-likeness (QED) is 0.937. The second-order valence-electron chi connectivity index (χ2n) is 5.15.